The molecule has 1 aromatic rings. The number of hydrogen-bond acceptors (Lipinski definition) is 3. The molecule has 0 saturated carbocycles. The van der Waals surface area contributed by atoms with Crippen LogP contribution in [0.25, 0.3) is 0 Å². The van der Waals surface area contributed by atoms with E-state index in [4.69, 9.17) is 10.9 Å². The first-order chi connectivity index (χ1) is 7.69. The van der Waals surface area contributed by atoms with Crippen LogP contribution >= 0.6 is 0 Å². The molecule has 4 heteroatoms. The zero-order valence-corrected chi connectivity index (χ0v) is 9.72. The van der Waals surface area contributed by atoms with Crippen molar-refractivity contribution in [1.82, 2.24) is 5.32 Å². The van der Waals surface area contributed by atoms with E-state index >= 15 is 0 Å². The second-order valence-electron chi connectivity index (χ2n) is 3.78. The molecule has 88 valence electrons. The van der Waals surface area contributed by atoms with Crippen LogP contribution in [0.3, 0.4) is 0 Å². The van der Waals surface area contributed by atoms with Crippen molar-refractivity contribution in [3.8, 4) is 0 Å². The van der Waals surface area contributed by atoms with E-state index in [1.807, 2.05) is 25.1 Å². The summed E-state index contributed by atoms with van der Waals surface area (Å²) >= 11 is 0. The van der Waals surface area contributed by atoms with Gasteiger partial charge in [-0.3, -0.25) is 0 Å². The summed E-state index contributed by atoms with van der Waals surface area (Å²) in [4.78, 5) is 0. The monoisotopic (exact) mass is 221 g/mol. The Morgan fingerprint density at radius 1 is 1.44 bits per heavy atom. The molecule has 0 heterocycles. The smallest absolute Gasteiger partial charge is 0.156 e. The quantitative estimate of drug-likeness (QED) is 0.307. The number of hydrogen-bond donors (Lipinski definition) is 3. The predicted molar refractivity (Wildman–Crippen MR) is 65.5 cm³/mol. The number of nitrogens with one attached hydrogen (secondary N) is 1. The highest BCUT2D eigenvalue weighted by atomic mass is 16.4. The molecule has 1 rings (SSSR count). The van der Waals surface area contributed by atoms with E-state index in [1.165, 1.54) is 5.56 Å². The normalized spacial score (nSPS) is 15.8. The predicted octanol–water partition coefficient (Wildman–Crippen LogP) is 1.86. The third-order valence-corrected chi connectivity index (χ3v) is 2.63. The summed E-state index contributed by atoms with van der Waals surface area (Å²) < 4.78 is 0. The average molecular weight is 221 g/mol. The van der Waals surface area contributed by atoms with E-state index in [-0.39, 0.29) is 17.9 Å². The fourth-order valence-corrected chi connectivity index (χ4v) is 1.62. The van der Waals surface area contributed by atoms with Gasteiger partial charge in [0.15, 0.2) is 5.84 Å². The highest BCUT2D eigenvalue weighted by molar-refractivity contribution is 5.85. The average Bonchev–Trinajstić information content (AvgIpc) is 2.35. The number of rotatable bonds is 5. The maximum atomic E-state index is 8.64. The van der Waals surface area contributed by atoms with Gasteiger partial charge in [-0.1, -0.05) is 42.4 Å². The van der Waals surface area contributed by atoms with Gasteiger partial charge in [-0.2, -0.15) is 0 Å². The second-order valence-corrected chi connectivity index (χ2v) is 3.78. The molecule has 0 spiro atoms. The molecule has 0 bridgehead atoms. The summed E-state index contributed by atoms with van der Waals surface area (Å²) in [6.07, 6.45) is 0.785. The van der Waals surface area contributed by atoms with Crippen LogP contribution in [0.2, 0.25) is 0 Å². The number of nitrogens with two attached hydrogens (primary N) is 1. The van der Waals surface area contributed by atoms with Crippen molar-refractivity contribution in [2.24, 2.45) is 10.9 Å². The molecule has 2 atom stereocenters. The summed E-state index contributed by atoms with van der Waals surface area (Å²) in [5.74, 6) is 0.227. The van der Waals surface area contributed by atoms with Crippen LogP contribution in [0.15, 0.2) is 35.5 Å². The van der Waals surface area contributed by atoms with Crippen molar-refractivity contribution in [2.45, 2.75) is 32.4 Å². The van der Waals surface area contributed by atoms with Gasteiger partial charge in [0.05, 0.1) is 6.04 Å². The number of oxime groups is 1. The lowest BCUT2D eigenvalue weighted by atomic mass is 10.1. The van der Waals surface area contributed by atoms with Crippen LogP contribution in [0.5, 0.6) is 0 Å². The van der Waals surface area contributed by atoms with Gasteiger partial charge in [0.2, 0.25) is 0 Å². The fraction of sp³-hybridized carbons (Fsp3) is 0.417. The van der Waals surface area contributed by atoms with Crippen LogP contribution < -0.4 is 11.1 Å². The number of nitrogens with zero attached hydrogens (tertiary/aromatic N) is 1. The first-order valence-electron chi connectivity index (χ1n) is 5.47. The molecular weight excluding hydrogens is 202 g/mol. The van der Waals surface area contributed by atoms with Crippen LogP contribution in [0, 0.1) is 0 Å². The Bertz CT molecular complexity index is 337. The Morgan fingerprint density at radius 3 is 2.56 bits per heavy atom. The molecule has 4 nitrogen and oxygen atoms in total. The van der Waals surface area contributed by atoms with Gasteiger partial charge in [-0.25, -0.2) is 0 Å². The SMILES string of the molecule is CCC(N[C@@H](C)c1ccccc1)C(N)=NO. The number of amidine groups is 1. The molecule has 4 N–H and O–H groups in total. The standard InChI is InChI=1S/C12H19N3O/c1-3-11(12(13)15-16)14-9(2)10-7-5-4-6-8-10/h4-9,11,14,16H,3H2,1-2H3,(H2,13,15)/t9-,11?/m0/s1. The Kier molecular flexibility index (Phi) is 4.79. The molecule has 0 aliphatic rings. The van der Waals surface area contributed by atoms with Gasteiger partial charge in [0.1, 0.15) is 0 Å². The molecule has 0 fully saturated rings. The van der Waals surface area contributed by atoms with Crippen molar-refractivity contribution >= 4 is 5.84 Å². The zero-order chi connectivity index (χ0) is 12.0. The van der Waals surface area contributed by atoms with Crippen LogP contribution in [-0.4, -0.2) is 17.1 Å². The molecule has 1 aromatic carbocycles. The summed E-state index contributed by atoms with van der Waals surface area (Å²) in [7, 11) is 0. The van der Waals surface area contributed by atoms with E-state index in [0.717, 1.165) is 6.42 Å². The highest BCUT2D eigenvalue weighted by Gasteiger charge is 2.15. The lowest BCUT2D eigenvalue weighted by Gasteiger charge is -2.21. The fourth-order valence-electron chi connectivity index (χ4n) is 1.62. The van der Waals surface area contributed by atoms with Crippen LogP contribution in [0.4, 0.5) is 0 Å². The van der Waals surface area contributed by atoms with Crippen molar-refractivity contribution in [3.05, 3.63) is 35.9 Å². The van der Waals surface area contributed by atoms with E-state index in [2.05, 4.69) is 29.5 Å². The van der Waals surface area contributed by atoms with Gasteiger partial charge >= 0.3 is 0 Å². The molecule has 0 radical (unpaired) electrons. The molecule has 1 unspecified atom stereocenters. The maximum absolute atomic E-state index is 8.64. The molecule has 0 saturated heterocycles. The molecule has 0 aromatic heterocycles. The third-order valence-electron chi connectivity index (χ3n) is 2.63. The molecule has 0 aliphatic heterocycles. The van der Waals surface area contributed by atoms with E-state index < -0.39 is 0 Å². The van der Waals surface area contributed by atoms with Gasteiger partial charge < -0.3 is 16.3 Å². The van der Waals surface area contributed by atoms with Crippen molar-refractivity contribution < 1.29 is 5.21 Å². The van der Waals surface area contributed by atoms with E-state index in [0.29, 0.717) is 0 Å². The van der Waals surface area contributed by atoms with E-state index in [1.54, 1.807) is 0 Å². The Balaban J connectivity index is 2.66. The molecule has 0 aliphatic carbocycles. The molecule has 0 amide bonds. The maximum Gasteiger partial charge on any atom is 0.156 e. The highest BCUT2D eigenvalue weighted by Crippen LogP contribution is 2.12. The van der Waals surface area contributed by atoms with Crippen LogP contribution in [0.1, 0.15) is 31.9 Å². The minimum absolute atomic E-state index is 0.0970. The summed E-state index contributed by atoms with van der Waals surface area (Å²) in [5.41, 5.74) is 6.78. The lowest BCUT2D eigenvalue weighted by Crippen LogP contribution is -2.42. The third kappa shape index (κ3) is 3.24. The van der Waals surface area contributed by atoms with Gasteiger partial charge in [-0.15, -0.1) is 0 Å². The first-order valence-corrected chi connectivity index (χ1v) is 5.47. The number of benzene rings is 1. The van der Waals surface area contributed by atoms with Gasteiger partial charge in [0.25, 0.3) is 0 Å². The first kappa shape index (κ1) is 12.5. The summed E-state index contributed by atoms with van der Waals surface area (Å²) in [6.45, 7) is 4.05. The molecular formula is C12H19N3O. The van der Waals surface area contributed by atoms with Crippen molar-refractivity contribution in [2.75, 3.05) is 0 Å². The van der Waals surface area contributed by atoms with Crippen molar-refractivity contribution in [3.63, 3.8) is 0 Å². The Morgan fingerprint density at radius 2 is 2.06 bits per heavy atom. The van der Waals surface area contributed by atoms with Crippen LogP contribution in [-0.2, 0) is 0 Å². The molecule has 16 heavy (non-hydrogen) atoms. The largest absolute Gasteiger partial charge is 0.409 e. The topological polar surface area (TPSA) is 70.6 Å². The van der Waals surface area contributed by atoms with Gasteiger partial charge in [0, 0.05) is 6.04 Å². The lowest BCUT2D eigenvalue weighted by molar-refractivity contribution is 0.313. The Labute approximate surface area is 96.2 Å². The van der Waals surface area contributed by atoms with Gasteiger partial charge in [-0.05, 0) is 18.9 Å². The van der Waals surface area contributed by atoms with Crippen molar-refractivity contribution in [1.29, 1.82) is 0 Å². The summed E-state index contributed by atoms with van der Waals surface area (Å²) in [5, 5.41) is 15.0. The van der Waals surface area contributed by atoms with E-state index in [9.17, 15) is 0 Å². The Hall–Kier alpha value is -1.55. The second kappa shape index (κ2) is 6.12. The minimum atomic E-state index is -0.0970. The minimum Gasteiger partial charge on any atom is -0.409 e. The summed E-state index contributed by atoms with van der Waals surface area (Å²) in [6, 6.07) is 10.2. The zero-order valence-electron chi connectivity index (χ0n) is 9.72.